The molecular weight excluding hydrogens is 345 g/mol. The third-order valence-electron chi connectivity index (χ3n) is 0.285. The van der Waals surface area contributed by atoms with E-state index in [2.05, 4.69) is 5.73 Å². The predicted molar refractivity (Wildman–Crippen MR) is 18.1 cm³/mol. The molecule has 0 bridgehead atoms. The molecule has 0 spiro atoms. The van der Waals surface area contributed by atoms with Gasteiger partial charge in [-0.2, -0.15) is 0 Å². The normalized spacial score (nSPS) is 5.44. The van der Waals surface area contributed by atoms with Crippen LogP contribution in [0.3, 0.4) is 0 Å². The molecule has 2 radical (unpaired) electrons. The fraction of sp³-hybridized carbons (Fsp3) is 0.333. The van der Waals surface area contributed by atoms with Crippen LogP contribution in [0.25, 0.3) is 0 Å². The second-order valence-corrected chi connectivity index (χ2v) is 0.812. The molecule has 0 aromatic heterocycles. The Morgan fingerprint density at radius 3 is 1.89 bits per heavy atom. The molecule has 6 heteroatoms. The number of hydrogen-bond donors (Lipinski definition) is 1. The molecule has 0 aromatic carbocycles. The zero-order valence-corrected chi connectivity index (χ0v) is 15.9. The first-order valence-electron chi connectivity index (χ1n) is 1.50. The van der Waals surface area contributed by atoms with Crippen molar-refractivity contribution in [3.63, 3.8) is 0 Å². The van der Waals surface area contributed by atoms with Crippen molar-refractivity contribution in [3.05, 3.63) is 6.54 Å². The second kappa shape index (κ2) is 17.5. The van der Waals surface area contributed by atoms with Crippen molar-refractivity contribution in [2.24, 2.45) is 5.73 Å². The molecule has 0 aliphatic rings. The first-order chi connectivity index (χ1) is 2.77. The number of hydrogen-bond acceptors (Lipinski definition) is 3. The molecule has 0 atom stereocenters. The number of aliphatic carboxylic acids is 1. The monoisotopic (exact) mass is 350 g/mol. The molecule has 3 nitrogen and oxygen atoms in total. The van der Waals surface area contributed by atoms with Crippen LogP contribution in [0.5, 0.6) is 0 Å². The minimum atomic E-state index is -1.14. The van der Waals surface area contributed by atoms with Crippen LogP contribution in [0.4, 0.5) is 0 Å². The van der Waals surface area contributed by atoms with Gasteiger partial charge in [-0.1, -0.05) is 0 Å². The molecule has 2 N–H and O–H groups in total. The molecule has 9 heavy (non-hydrogen) atoms. The van der Waals surface area contributed by atoms with E-state index < -0.39 is 5.97 Å². The summed E-state index contributed by atoms with van der Waals surface area (Å²) in [5.41, 5.74) is 4.68. The smallest absolute Gasteiger partial charge is 0.553 e. The Labute approximate surface area is 154 Å². The van der Waals surface area contributed by atoms with Crippen LogP contribution in [0.1, 0.15) is 6.42 Å². The summed E-state index contributed by atoms with van der Waals surface area (Å²) in [4.78, 5) is 9.38. The van der Waals surface area contributed by atoms with Crippen molar-refractivity contribution in [1.82, 2.24) is 0 Å². The van der Waals surface area contributed by atoms with Crippen LogP contribution in [0.15, 0.2) is 0 Å². The Morgan fingerprint density at radius 2 is 1.89 bits per heavy atom. The summed E-state index contributed by atoms with van der Waals surface area (Å²) in [5.74, 6) is -1.14. The van der Waals surface area contributed by atoms with Gasteiger partial charge in [-0.15, -0.1) is 6.42 Å². The fourth-order valence-corrected chi connectivity index (χ4v) is 0.0962. The largest absolute Gasteiger partial charge is 1.00 e. The van der Waals surface area contributed by atoms with Crippen molar-refractivity contribution in [1.29, 1.82) is 0 Å². The van der Waals surface area contributed by atoms with Gasteiger partial charge in [-0.05, 0) is 0 Å². The molecule has 0 amide bonds. The first kappa shape index (κ1) is 22.9. The average molecular weight is 350 g/mol. The molecule has 0 heterocycles. The van der Waals surface area contributed by atoms with E-state index in [1.165, 1.54) is 0 Å². The molecule has 0 unspecified atom stereocenters. The zero-order chi connectivity index (χ0) is 4.99. The van der Waals surface area contributed by atoms with Crippen molar-refractivity contribution in [2.45, 2.75) is 6.42 Å². The van der Waals surface area contributed by atoms with Gasteiger partial charge in [-0.3, -0.25) is 6.54 Å². The van der Waals surface area contributed by atoms with Gasteiger partial charge < -0.3 is 15.6 Å². The second-order valence-electron chi connectivity index (χ2n) is 0.812. The minimum absolute atomic E-state index is 0. The summed E-state index contributed by atoms with van der Waals surface area (Å²) in [6.07, 6.45) is -0.167. The summed E-state index contributed by atoms with van der Waals surface area (Å²) < 4.78 is 0. The van der Waals surface area contributed by atoms with Crippen LogP contribution >= 0.6 is 0 Å². The van der Waals surface area contributed by atoms with E-state index >= 15 is 0 Å². The summed E-state index contributed by atoms with van der Waals surface area (Å²) in [5, 5.41) is 9.38. The van der Waals surface area contributed by atoms with Crippen molar-refractivity contribution in [3.8, 4) is 0 Å². The van der Waals surface area contributed by atoms with Crippen molar-refractivity contribution < 1.29 is 134 Å². The number of carbonyl (C=O) groups excluding carboxylic acids is 1. The number of carboxylic acids is 1. The van der Waals surface area contributed by atoms with E-state index in [1.807, 2.05) is 0 Å². The summed E-state index contributed by atoms with van der Waals surface area (Å²) in [6, 6.07) is 0. The van der Waals surface area contributed by atoms with E-state index in [4.69, 9.17) is 0 Å². The van der Waals surface area contributed by atoms with Gasteiger partial charge >= 0.3 is 58.2 Å². The molecule has 0 saturated heterocycles. The fourth-order valence-electron chi connectivity index (χ4n) is 0.0962. The molecule has 0 saturated carbocycles. The molecule has 0 rings (SSSR count). The Hall–Kier alpha value is 3.44. The molecule has 0 aliphatic heterocycles. The average Bonchev–Trinajstić information content (AvgIpc) is 1.35. The third kappa shape index (κ3) is 24.6. The SMILES string of the molecule is N[CH-]CC(=O)[O-].[Rb+].[Y].[Y]. The quantitative estimate of drug-likeness (QED) is 0.509. The maximum Gasteiger partial charge on any atom is 1.00 e. The van der Waals surface area contributed by atoms with Gasteiger partial charge in [0.05, 0.1) is 0 Å². The maximum atomic E-state index is 9.38. The van der Waals surface area contributed by atoms with Crippen LogP contribution in [0, 0.1) is 6.54 Å². The molecule has 42 valence electrons. The van der Waals surface area contributed by atoms with Gasteiger partial charge in [0.15, 0.2) is 0 Å². The first-order valence-corrected chi connectivity index (χ1v) is 1.50. The Bertz CT molecular complexity index is 63.8. The van der Waals surface area contributed by atoms with E-state index in [9.17, 15) is 9.90 Å². The van der Waals surface area contributed by atoms with Crippen LogP contribution < -0.4 is 69.0 Å². The molecule has 0 aromatic rings. The van der Waals surface area contributed by atoms with Crippen LogP contribution in [0.2, 0.25) is 0 Å². The third-order valence-corrected chi connectivity index (χ3v) is 0.285. The van der Waals surface area contributed by atoms with Gasteiger partial charge in [-0.25, -0.2) is 0 Å². The predicted octanol–water partition coefficient (Wildman–Crippen LogP) is -4.75. The van der Waals surface area contributed by atoms with Crippen molar-refractivity contribution >= 4 is 5.97 Å². The minimum Gasteiger partial charge on any atom is -0.553 e. The number of carbonyl (C=O) groups is 1. The van der Waals surface area contributed by atoms with Crippen molar-refractivity contribution in [2.75, 3.05) is 0 Å². The van der Waals surface area contributed by atoms with Gasteiger partial charge in [0, 0.05) is 71.4 Å². The Kier molecular flexibility index (Phi) is 44.5. The van der Waals surface area contributed by atoms with Crippen LogP contribution in [-0.2, 0) is 70.2 Å². The molecule has 0 aliphatic carbocycles. The van der Waals surface area contributed by atoms with E-state index in [1.54, 1.807) is 0 Å². The Balaban J connectivity index is -0.0000000417. The zero-order valence-electron chi connectivity index (χ0n) is 5.33. The van der Waals surface area contributed by atoms with Gasteiger partial charge in [0.25, 0.3) is 0 Å². The van der Waals surface area contributed by atoms with E-state index in [0.29, 0.717) is 0 Å². The molecule has 0 fully saturated rings. The maximum absolute atomic E-state index is 9.38. The topological polar surface area (TPSA) is 66.2 Å². The van der Waals surface area contributed by atoms with Gasteiger partial charge in [0.2, 0.25) is 0 Å². The molecular formula is C3H5NO2RbY2-. The van der Waals surface area contributed by atoms with E-state index in [-0.39, 0.29) is 130 Å². The standard InChI is InChI=1S/C3H6NO2.Rb.2Y/c4-2-1-3(5)6;;;/h2H,1,4H2,(H,5,6);;;/q-1;+1;;/p-1. The summed E-state index contributed by atoms with van der Waals surface area (Å²) >= 11 is 0. The number of rotatable bonds is 2. The van der Waals surface area contributed by atoms with Gasteiger partial charge in [0.1, 0.15) is 0 Å². The summed E-state index contributed by atoms with van der Waals surface area (Å²) in [7, 11) is 0. The van der Waals surface area contributed by atoms with Crippen LogP contribution in [-0.4, -0.2) is 5.97 Å². The summed E-state index contributed by atoms with van der Waals surface area (Å²) in [6.45, 7) is 1.04. The van der Waals surface area contributed by atoms with E-state index in [0.717, 1.165) is 6.54 Å². The Morgan fingerprint density at radius 1 is 1.56 bits per heavy atom. The number of carboxylic acid groups (broad SMARTS) is 1. The number of nitrogens with two attached hydrogens (primary N) is 1.